The largest absolute Gasteiger partial charge is 0.480 e. The molecule has 0 spiro atoms. The number of hydrogen-bond acceptors (Lipinski definition) is 3. The van der Waals surface area contributed by atoms with Gasteiger partial charge in [0, 0.05) is 12.0 Å². The zero-order chi connectivity index (χ0) is 13.9. The average Bonchev–Trinajstić information content (AvgIpc) is 2.23. The van der Waals surface area contributed by atoms with Crippen molar-refractivity contribution in [3.8, 4) is 0 Å². The molecule has 0 aromatic heterocycles. The molecule has 1 saturated heterocycles. The van der Waals surface area contributed by atoms with Crippen molar-refractivity contribution in [3.05, 3.63) is 4.91 Å². The zero-order valence-electron chi connectivity index (χ0n) is 11.7. The molecule has 1 aliphatic heterocycles. The maximum atomic E-state index is 10.9. The molecule has 0 aromatic carbocycles. The van der Waals surface area contributed by atoms with E-state index in [9.17, 15) is 9.70 Å². The van der Waals surface area contributed by atoms with Crippen molar-refractivity contribution in [3.63, 3.8) is 0 Å². The van der Waals surface area contributed by atoms with E-state index < -0.39 is 36.2 Å². The summed E-state index contributed by atoms with van der Waals surface area (Å²) in [5.74, 6) is -2.20. The van der Waals surface area contributed by atoms with Crippen LogP contribution in [0.2, 0.25) is 0 Å². The molecule has 0 bridgehead atoms. The molecule has 56 valence electrons. The average molecular weight is 151 g/mol. The van der Waals surface area contributed by atoms with E-state index in [2.05, 4.69) is 0 Å². The number of carboxylic acids is 1. The molecular formula is C5H8N2O3. The molecule has 1 aliphatic rings. The van der Waals surface area contributed by atoms with Crippen molar-refractivity contribution in [2.45, 2.75) is 18.8 Å². The van der Waals surface area contributed by atoms with Crippen molar-refractivity contribution in [2.24, 2.45) is 5.29 Å². The van der Waals surface area contributed by atoms with Crippen LogP contribution in [-0.4, -0.2) is 28.6 Å². The predicted octanol–water partition coefficient (Wildman–Crippen LogP) is 0.217. The van der Waals surface area contributed by atoms with Gasteiger partial charge in [-0.3, -0.25) is 0 Å². The molecule has 1 unspecified atom stereocenters. The second kappa shape index (κ2) is 2.64. The third-order valence-corrected chi connectivity index (χ3v) is 0.839. The van der Waals surface area contributed by atoms with Gasteiger partial charge in [-0.05, 0) is 12.7 Å². The minimum atomic E-state index is -3.47. The lowest BCUT2D eigenvalue weighted by atomic mass is 10.2. The molecular weight excluding hydrogens is 136 g/mol. The first-order chi connectivity index (χ1) is 7.39. The number of nitroso groups, excluding NO2 is 1. The summed E-state index contributed by atoms with van der Waals surface area (Å²) in [6, 6.07) is -3.47. The highest BCUT2D eigenvalue weighted by Gasteiger charge is 2.30. The first kappa shape index (κ1) is 2.18. The number of hydrogen-bond donors (Lipinski definition) is 1. The van der Waals surface area contributed by atoms with Crippen LogP contribution in [0, 0.1) is 4.91 Å². The SMILES string of the molecule is [2H]C1([2H])N(N=O)C([2H])(C(=O)O)C([2H])([2H])C1([2H])[2H]. The molecule has 0 saturated carbocycles. The third kappa shape index (κ3) is 1.07. The maximum absolute atomic E-state index is 10.9. The highest BCUT2D eigenvalue weighted by atomic mass is 16.4. The molecule has 1 N–H and O–H groups in total. The molecule has 5 heteroatoms. The van der Waals surface area contributed by atoms with Gasteiger partial charge < -0.3 is 5.11 Å². The van der Waals surface area contributed by atoms with Crippen LogP contribution in [0.1, 0.15) is 22.3 Å². The van der Waals surface area contributed by atoms with Gasteiger partial charge in [0.25, 0.3) is 0 Å². The van der Waals surface area contributed by atoms with E-state index in [4.69, 9.17) is 14.7 Å². The van der Waals surface area contributed by atoms with Crippen LogP contribution in [0.15, 0.2) is 5.29 Å². The van der Waals surface area contributed by atoms with E-state index in [1.165, 1.54) is 0 Å². The minimum Gasteiger partial charge on any atom is -0.480 e. The first-order valence-electron chi connectivity index (χ1n) is 5.76. The Morgan fingerprint density at radius 3 is 3.10 bits per heavy atom. The fourth-order valence-corrected chi connectivity index (χ4v) is 0.454. The topological polar surface area (TPSA) is 70.0 Å². The highest BCUT2D eigenvalue weighted by Crippen LogP contribution is 2.16. The van der Waals surface area contributed by atoms with Crippen molar-refractivity contribution in [2.75, 3.05) is 6.50 Å². The molecule has 10 heavy (non-hydrogen) atoms. The zero-order valence-corrected chi connectivity index (χ0v) is 4.66. The second-order valence-electron chi connectivity index (χ2n) is 1.41. The Morgan fingerprint density at radius 2 is 2.70 bits per heavy atom. The van der Waals surface area contributed by atoms with Crippen LogP contribution in [0.25, 0.3) is 0 Å². The van der Waals surface area contributed by atoms with Crippen LogP contribution in [-0.2, 0) is 4.79 Å². The van der Waals surface area contributed by atoms with Gasteiger partial charge in [0.15, 0.2) is 0 Å². The van der Waals surface area contributed by atoms with E-state index in [1.54, 1.807) is 0 Å². The number of nitrogens with zero attached hydrogens (tertiary/aromatic N) is 2. The standard InChI is InChI=1S/C5H8N2O3/c8-5(9)4-2-1-3-7(4)6-10/h4H,1-3H2,(H,8,9)/i1D2,2D2,3D2,4D. The fourth-order valence-electron chi connectivity index (χ4n) is 0.454. The summed E-state index contributed by atoms with van der Waals surface area (Å²) < 4.78 is 51.0. The van der Waals surface area contributed by atoms with Crippen LogP contribution >= 0.6 is 0 Å². The van der Waals surface area contributed by atoms with Crippen LogP contribution < -0.4 is 0 Å². The van der Waals surface area contributed by atoms with Crippen molar-refractivity contribution < 1.29 is 19.5 Å². The van der Waals surface area contributed by atoms with Gasteiger partial charge in [-0.2, -0.15) is 0 Å². The van der Waals surface area contributed by atoms with Crippen molar-refractivity contribution in [1.82, 2.24) is 5.01 Å². The van der Waals surface area contributed by atoms with E-state index >= 15 is 0 Å². The van der Waals surface area contributed by atoms with Gasteiger partial charge in [-0.1, -0.05) is 0 Å². The summed E-state index contributed by atoms with van der Waals surface area (Å²) in [7, 11) is 0. The Balaban J connectivity index is 3.63. The number of rotatable bonds is 2. The Kier molecular flexibility index (Phi) is 0.575. The molecule has 0 aromatic rings. The van der Waals surface area contributed by atoms with Gasteiger partial charge in [-0.15, -0.1) is 4.91 Å². The summed E-state index contributed by atoms with van der Waals surface area (Å²) in [5, 5.41) is 10.2. The Bertz CT molecular complexity index is 386. The van der Waals surface area contributed by atoms with E-state index in [0.717, 1.165) is 0 Å². The van der Waals surface area contributed by atoms with Crippen LogP contribution in [0.3, 0.4) is 0 Å². The lowest BCUT2D eigenvalue weighted by Gasteiger charge is -2.11. The Hall–Kier alpha value is -1.13. The highest BCUT2D eigenvalue weighted by molar-refractivity contribution is 5.73. The smallest absolute Gasteiger partial charge is 0.328 e. The van der Waals surface area contributed by atoms with Gasteiger partial charge in [0.1, 0.15) is 6.02 Å². The minimum absolute atomic E-state index is 0.539. The monoisotopic (exact) mass is 151 g/mol. The molecule has 1 heterocycles. The summed E-state index contributed by atoms with van der Waals surface area (Å²) in [6.45, 7) is -3.35. The lowest BCUT2D eigenvalue weighted by Crippen LogP contribution is -2.31. The molecule has 0 radical (unpaired) electrons. The summed E-state index contributed by atoms with van der Waals surface area (Å²) in [6.07, 6.45) is -6.86. The van der Waals surface area contributed by atoms with E-state index in [0.29, 0.717) is 0 Å². The second-order valence-corrected chi connectivity index (χ2v) is 1.41. The number of carboxylic acid groups (broad SMARTS) is 1. The quantitative estimate of drug-likeness (QED) is 0.573. The van der Waals surface area contributed by atoms with Gasteiger partial charge in [-0.25, -0.2) is 9.80 Å². The van der Waals surface area contributed by atoms with E-state index in [1.807, 2.05) is 5.29 Å². The molecule has 5 nitrogen and oxygen atoms in total. The molecule has 1 fully saturated rings. The van der Waals surface area contributed by atoms with Crippen molar-refractivity contribution in [1.29, 1.82) is 0 Å². The first-order valence-corrected chi connectivity index (χ1v) is 2.26. The lowest BCUT2D eigenvalue weighted by molar-refractivity contribution is -0.142. The van der Waals surface area contributed by atoms with Gasteiger partial charge in [0.2, 0.25) is 0 Å². The summed E-state index contributed by atoms with van der Waals surface area (Å²) in [4.78, 5) is 21.3. The summed E-state index contributed by atoms with van der Waals surface area (Å²) in [5.41, 5.74) is 0. The Labute approximate surface area is 67.4 Å². The molecule has 0 amide bonds. The Morgan fingerprint density at radius 1 is 2.00 bits per heavy atom. The molecule has 1 rings (SSSR count). The number of aliphatic carboxylic acids is 1. The normalized spacial score (nSPS) is 57.6. The summed E-state index contributed by atoms with van der Waals surface area (Å²) >= 11 is 0. The maximum Gasteiger partial charge on any atom is 0.328 e. The number of carbonyl (C=O) groups is 1. The van der Waals surface area contributed by atoms with Crippen LogP contribution in [0.5, 0.6) is 0 Å². The van der Waals surface area contributed by atoms with Gasteiger partial charge in [0.05, 0.1) is 9.40 Å². The van der Waals surface area contributed by atoms with Crippen molar-refractivity contribution >= 4 is 5.97 Å². The predicted molar refractivity (Wildman–Crippen MR) is 33.2 cm³/mol. The fraction of sp³-hybridized carbons (Fsp3) is 0.800. The van der Waals surface area contributed by atoms with Crippen LogP contribution in [0.4, 0.5) is 0 Å². The third-order valence-electron chi connectivity index (χ3n) is 0.839. The molecule has 0 aliphatic carbocycles. The van der Waals surface area contributed by atoms with E-state index in [-0.39, 0.29) is 0 Å². The molecule has 1 atom stereocenters. The van der Waals surface area contributed by atoms with Gasteiger partial charge >= 0.3 is 5.97 Å².